The SMILES string of the molecule is CC(=O)OC[C@@H](O)[C@](O)(C(C)=O)[C@](O)(C(C)=O)C(=O)Cl. The second kappa shape index (κ2) is 6.40. The number of esters is 1. The third kappa shape index (κ3) is 3.04. The van der Waals surface area contributed by atoms with Crippen molar-refractivity contribution in [3.05, 3.63) is 0 Å². The van der Waals surface area contributed by atoms with Gasteiger partial charge in [0.05, 0.1) is 0 Å². The molecule has 0 aromatic heterocycles. The van der Waals surface area contributed by atoms with Gasteiger partial charge < -0.3 is 20.1 Å². The molecule has 0 saturated carbocycles. The molecule has 8 nitrogen and oxygen atoms in total. The van der Waals surface area contributed by atoms with Crippen LogP contribution in [-0.4, -0.2) is 62.0 Å². The van der Waals surface area contributed by atoms with Crippen molar-refractivity contribution in [3.63, 3.8) is 0 Å². The Labute approximate surface area is 119 Å². The van der Waals surface area contributed by atoms with Crippen molar-refractivity contribution in [1.29, 1.82) is 0 Å². The first-order valence-corrected chi connectivity index (χ1v) is 5.78. The number of rotatable bonds is 7. The lowest BCUT2D eigenvalue weighted by atomic mass is 9.74. The quantitative estimate of drug-likeness (QED) is 0.288. The van der Waals surface area contributed by atoms with Crippen molar-refractivity contribution in [2.45, 2.75) is 38.1 Å². The molecule has 0 aliphatic carbocycles. The van der Waals surface area contributed by atoms with Crippen LogP contribution in [0.4, 0.5) is 0 Å². The lowest BCUT2D eigenvalue weighted by Gasteiger charge is -2.39. The maximum Gasteiger partial charge on any atom is 0.302 e. The van der Waals surface area contributed by atoms with Gasteiger partial charge in [0, 0.05) is 6.92 Å². The third-order valence-corrected chi connectivity index (χ3v) is 3.08. The average molecular weight is 311 g/mol. The van der Waals surface area contributed by atoms with Gasteiger partial charge in [-0.3, -0.25) is 19.2 Å². The molecule has 0 unspecified atom stereocenters. The normalized spacial score (nSPS) is 18.4. The Balaban J connectivity index is 5.81. The fourth-order valence-electron chi connectivity index (χ4n) is 1.60. The number of Topliss-reactive ketones (excluding diaryl/α,β-unsaturated/α-hetero) is 2. The highest BCUT2D eigenvalue weighted by Crippen LogP contribution is 2.31. The zero-order valence-electron chi connectivity index (χ0n) is 11.0. The van der Waals surface area contributed by atoms with E-state index in [1.54, 1.807) is 0 Å². The van der Waals surface area contributed by atoms with Crippen LogP contribution in [-0.2, 0) is 23.9 Å². The minimum absolute atomic E-state index is 0.701. The Morgan fingerprint density at radius 3 is 1.80 bits per heavy atom. The van der Waals surface area contributed by atoms with E-state index < -0.39 is 46.7 Å². The summed E-state index contributed by atoms with van der Waals surface area (Å²) < 4.78 is 4.38. The van der Waals surface area contributed by atoms with Gasteiger partial charge >= 0.3 is 5.97 Å². The summed E-state index contributed by atoms with van der Waals surface area (Å²) in [4.78, 5) is 44.9. The summed E-state index contributed by atoms with van der Waals surface area (Å²) in [6.07, 6.45) is -2.24. The zero-order chi connectivity index (χ0) is 16.3. The van der Waals surface area contributed by atoms with Crippen molar-refractivity contribution in [2.75, 3.05) is 6.61 Å². The summed E-state index contributed by atoms with van der Waals surface area (Å²) in [5.41, 5.74) is -6.60. The van der Waals surface area contributed by atoms with E-state index in [1.807, 2.05) is 0 Å². The summed E-state index contributed by atoms with van der Waals surface area (Å²) in [6, 6.07) is 0. The molecule has 0 saturated heterocycles. The molecule has 0 rings (SSSR count). The summed E-state index contributed by atoms with van der Waals surface area (Å²) in [7, 11) is 0. The molecule has 3 atom stereocenters. The molecule has 0 aliphatic heterocycles. The molecule has 114 valence electrons. The summed E-state index contributed by atoms with van der Waals surface area (Å²) in [6.45, 7) is 1.49. The van der Waals surface area contributed by atoms with Gasteiger partial charge in [0.2, 0.25) is 5.60 Å². The molecule has 0 fully saturated rings. The lowest BCUT2D eigenvalue weighted by Crippen LogP contribution is -2.71. The standard InChI is InChI=1S/C11H15ClO8/c1-5(13)10(18,8(16)4-20-7(3)15)11(19,6(2)14)9(12)17/h8,16,18-19H,4H2,1-3H3/t8-,10-,11+/m1/s1. The molecule has 0 amide bonds. The van der Waals surface area contributed by atoms with Crippen LogP contribution in [0.1, 0.15) is 20.8 Å². The summed E-state index contributed by atoms with van der Waals surface area (Å²) >= 11 is 5.07. The van der Waals surface area contributed by atoms with E-state index in [4.69, 9.17) is 11.6 Å². The molecular weight excluding hydrogens is 296 g/mol. The number of halogens is 1. The molecule has 9 heteroatoms. The number of hydrogen-bond acceptors (Lipinski definition) is 8. The minimum atomic E-state index is -3.36. The first-order chi connectivity index (χ1) is 8.92. The van der Waals surface area contributed by atoms with Crippen molar-refractivity contribution < 1.29 is 39.2 Å². The number of carbonyl (C=O) groups is 4. The fourth-order valence-corrected chi connectivity index (χ4v) is 1.88. The number of ether oxygens (including phenoxy) is 1. The van der Waals surface area contributed by atoms with Crippen LogP contribution in [0.25, 0.3) is 0 Å². The highest BCUT2D eigenvalue weighted by atomic mass is 35.5. The third-order valence-electron chi connectivity index (χ3n) is 2.81. The van der Waals surface area contributed by atoms with Crippen LogP contribution in [0.2, 0.25) is 0 Å². The Morgan fingerprint density at radius 1 is 1.10 bits per heavy atom. The molecule has 0 bridgehead atoms. The van der Waals surface area contributed by atoms with Crippen LogP contribution in [0, 0.1) is 0 Å². The first-order valence-electron chi connectivity index (χ1n) is 5.40. The van der Waals surface area contributed by atoms with Crippen molar-refractivity contribution in [3.8, 4) is 0 Å². The Kier molecular flexibility index (Phi) is 5.97. The largest absolute Gasteiger partial charge is 0.463 e. The average Bonchev–Trinajstić information content (AvgIpc) is 2.32. The second-order valence-corrected chi connectivity index (χ2v) is 4.52. The lowest BCUT2D eigenvalue weighted by molar-refractivity contribution is -0.206. The van der Waals surface area contributed by atoms with Crippen LogP contribution in [0.5, 0.6) is 0 Å². The van der Waals surface area contributed by atoms with E-state index in [0.717, 1.165) is 13.8 Å². The number of aliphatic hydroxyl groups excluding tert-OH is 1. The van der Waals surface area contributed by atoms with Crippen LogP contribution in [0.15, 0.2) is 0 Å². The van der Waals surface area contributed by atoms with E-state index in [2.05, 4.69) is 4.74 Å². The van der Waals surface area contributed by atoms with Gasteiger partial charge in [0.25, 0.3) is 5.24 Å². The molecule has 0 radical (unpaired) electrons. The van der Waals surface area contributed by atoms with Crippen LogP contribution < -0.4 is 0 Å². The van der Waals surface area contributed by atoms with E-state index >= 15 is 0 Å². The summed E-state index contributed by atoms with van der Waals surface area (Å²) in [5, 5.41) is 28.2. The first kappa shape index (κ1) is 18.7. The predicted molar refractivity (Wildman–Crippen MR) is 64.8 cm³/mol. The molecular formula is C11H15ClO8. The highest BCUT2D eigenvalue weighted by Gasteiger charge is 2.64. The number of hydrogen-bond donors (Lipinski definition) is 3. The molecule has 0 heterocycles. The number of carbonyl (C=O) groups excluding carboxylic acids is 4. The molecule has 20 heavy (non-hydrogen) atoms. The Hall–Kier alpha value is -1.35. The van der Waals surface area contributed by atoms with Gasteiger partial charge in [-0.05, 0) is 25.4 Å². The maximum atomic E-state index is 11.5. The van der Waals surface area contributed by atoms with E-state index in [-0.39, 0.29) is 0 Å². The predicted octanol–water partition coefficient (Wildman–Crippen LogP) is -1.68. The molecule has 0 spiro atoms. The minimum Gasteiger partial charge on any atom is -0.463 e. The Bertz CT molecular complexity index is 432. The second-order valence-electron chi connectivity index (χ2n) is 4.18. The van der Waals surface area contributed by atoms with E-state index in [1.165, 1.54) is 0 Å². The number of ketones is 2. The molecule has 0 aromatic rings. The summed E-state index contributed by atoms with van der Waals surface area (Å²) in [5.74, 6) is -3.50. The van der Waals surface area contributed by atoms with Crippen molar-refractivity contribution >= 4 is 34.4 Å². The fraction of sp³-hybridized carbons (Fsp3) is 0.636. The molecule has 0 aromatic carbocycles. The number of aliphatic hydroxyl groups is 3. The highest BCUT2D eigenvalue weighted by molar-refractivity contribution is 6.68. The molecule has 3 N–H and O–H groups in total. The van der Waals surface area contributed by atoms with Crippen LogP contribution in [0.3, 0.4) is 0 Å². The molecule has 0 aliphatic rings. The zero-order valence-corrected chi connectivity index (χ0v) is 11.8. The van der Waals surface area contributed by atoms with Crippen LogP contribution >= 0.6 is 11.6 Å². The monoisotopic (exact) mass is 310 g/mol. The topological polar surface area (TPSA) is 138 Å². The van der Waals surface area contributed by atoms with Gasteiger partial charge in [-0.1, -0.05) is 0 Å². The van der Waals surface area contributed by atoms with E-state index in [0.29, 0.717) is 6.92 Å². The smallest absolute Gasteiger partial charge is 0.302 e. The van der Waals surface area contributed by atoms with Crippen molar-refractivity contribution in [2.24, 2.45) is 0 Å². The van der Waals surface area contributed by atoms with Crippen molar-refractivity contribution in [1.82, 2.24) is 0 Å². The van der Waals surface area contributed by atoms with Gasteiger partial charge in [0.15, 0.2) is 17.2 Å². The van der Waals surface area contributed by atoms with E-state index in [9.17, 15) is 34.5 Å². The van der Waals surface area contributed by atoms with Gasteiger partial charge in [-0.15, -0.1) is 0 Å². The Morgan fingerprint density at radius 2 is 1.55 bits per heavy atom. The van der Waals surface area contributed by atoms with Gasteiger partial charge in [0.1, 0.15) is 12.7 Å². The van der Waals surface area contributed by atoms with Gasteiger partial charge in [-0.25, -0.2) is 0 Å². The maximum absolute atomic E-state index is 11.5. The van der Waals surface area contributed by atoms with Gasteiger partial charge in [-0.2, -0.15) is 0 Å².